The van der Waals surface area contributed by atoms with Crippen molar-refractivity contribution >= 4 is 23.4 Å². The molecule has 3 N–H and O–H groups in total. The van der Waals surface area contributed by atoms with Crippen LogP contribution in [0.15, 0.2) is 39.0 Å². The Labute approximate surface area is 167 Å². The molecule has 0 saturated heterocycles. The first-order valence-corrected chi connectivity index (χ1v) is 9.81. The molecule has 0 radical (unpaired) electrons. The summed E-state index contributed by atoms with van der Waals surface area (Å²) in [6.07, 6.45) is 1.82. The van der Waals surface area contributed by atoms with Crippen LogP contribution < -0.4 is 17.0 Å². The monoisotopic (exact) mass is 416 g/mol. The van der Waals surface area contributed by atoms with Gasteiger partial charge in [-0.3, -0.25) is 23.7 Å². The second kappa shape index (κ2) is 7.32. The van der Waals surface area contributed by atoms with Crippen molar-refractivity contribution in [1.29, 1.82) is 0 Å². The van der Waals surface area contributed by atoms with Crippen LogP contribution in [0.25, 0.3) is 11.4 Å². The second-order valence-corrected chi connectivity index (χ2v) is 7.62. The van der Waals surface area contributed by atoms with Crippen molar-refractivity contribution in [1.82, 2.24) is 24.3 Å². The number of Topliss-reactive ketones (excluding diaryl/α,β-unsaturated/α-hetero) is 1. The van der Waals surface area contributed by atoms with Crippen LogP contribution in [-0.4, -0.2) is 35.9 Å². The van der Waals surface area contributed by atoms with Gasteiger partial charge in [-0.15, -0.1) is 10.2 Å². The normalized spacial score (nSPS) is 13.6. The van der Waals surface area contributed by atoms with E-state index < -0.39 is 22.8 Å². The van der Waals surface area contributed by atoms with Crippen LogP contribution >= 0.6 is 11.8 Å². The summed E-state index contributed by atoms with van der Waals surface area (Å²) in [6.45, 7) is 0. The molecule has 0 aliphatic heterocycles. The first kappa shape index (κ1) is 19.1. The zero-order valence-electron chi connectivity index (χ0n) is 15.4. The number of carbonyl (C=O) groups excluding carboxylic acids is 1. The summed E-state index contributed by atoms with van der Waals surface area (Å²) in [5.74, 6) is -0.866. The number of nitrogens with zero attached hydrogens (tertiary/aromatic N) is 4. The highest BCUT2D eigenvalue weighted by Crippen LogP contribution is 2.41. The molecular weight excluding hydrogens is 399 g/mol. The lowest BCUT2D eigenvalue weighted by atomic mass is 10.2. The Hall–Kier alpha value is -3.21. The third-order valence-corrected chi connectivity index (χ3v) is 5.62. The van der Waals surface area contributed by atoms with E-state index in [1.807, 2.05) is 4.57 Å². The molecule has 4 rings (SSSR count). The number of ketones is 1. The van der Waals surface area contributed by atoms with Crippen molar-refractivity contribution in [3.8, 4) is 11.4 Å². The molecule has 1 aliphatic rings. The summed E-state index contributed by atoms with van der Waals surface area (Å²) in [6, 6.07) is 6.44. The summed E-state index contributed by atoms with van der Waals surface area (Å²) in [5.41, 5.74) is 4.32. The average molecular weight is 416 g/mol. The molecule has 0 atom stereocenters. The molecule has 3 aromatic rings. The second-order valence-electron chi connectivity index (χ2n) is 6.68. The summed E-state index contributed by atoms with van der Waals surface area (Å²) >= 11 is 1.09. The summed E-state index contributed by atoms with van der Waals surface area (Å²) in [5, 5.41) is 8.70. The Kier molecular flexibility index (Phi) is 4.82. The zero-order valence-corrected chi connectivity index (χ0v) is 16.2. The Balaban J connectivity index is 1.63. The van der Waals surface area contributed by atoms with Crippen LogP contribution in [0.4, 0.5) is 10.2 Å². The molecular formula is C18H17FN6O3S. The van der Waals surface area contributed by atoms with Gasteiger partial charge in [-0.25, -0.2) is 9.18 Å². The lowest BCUT2D eigenvalue weighted by Crippen LogP contribution is -2.35. The fourth-order valence-corrected chi connectivity index (χ4v) is 3.85. The predicted octanol–water partition coefficient (Wildman–Crippen LogP) is 1.36. The van der Waals surface area contributed by atoms with Gasteiger partial charge in [0.2, 0.25) is 0 Å². The molecule has 150 valence electrons. The van der Waals surface area contributed by atoms with Crippen LogP contribution in [0.5, 0.6) is 0 Å². The number of hydrogen-bond acceptors (Lipinski definition) is 7. The number of hydrogen-bond donors (Lipinski definition) is 2. The van der Waals surface area contributed by atoms with Gasteiger partial charge in [0.05, 0.1) is 11.3 Å². The number of nitrogens with two attached hydrogens (primary N) is 1. The van der Waals surface area contributed by atoms with Gasteiger partial charge in [0, 0.05) is 13.1 Å². The molecule has 0 bridgehead atoms. The van der Waals surface area contributed by atoms with E-state index in [0.717, 1.165) is 29.2 Å². The number of aromatic amines is 1. The fraction of sp³-hybridized carbons (Fsp3) is 0.278. The maximum absolute atomic E-state index is 14.2. The number of aromatic nitrogens is 5. The first-order valence-electron chi connectivity index (χ1n) is 8.83. The topological polar surface area (TPSA) is 129 Å². The molecule has 0 unspecified atom stereocenters. The molecule has 1 aliphatic carbocycles. The van der Waals surface area contributed by atoms with E-state index in [1.165, 1.54) is 13.1 Å². The molecule has 1 aromatic carbocycles. The minimum atomic E-state index is -0.827. The number of H-pyrrole nitrogens is 1. The van der Waals surface area contributed by atoms with Crippen LogP contribution in [0.2, 0.25) is 0 Å². The quantitative estimate of drug-likeness (QED) is 0.459. The van der Waals surface area contributed by atoms with Gasteiger partial charge in [-0.1, -0.05) is 23.9 Å². The fourth-order valence-electron chi connectivity index (χ4n) is 2.97. The van der Waals surface area contributed by atoms with Crippen molar-refractivity contribution in [3.05, 3.63) is 56.5 Å². The van der Waals surface area contributed by atoms with Crippen molar-refractivity contribution in [3.63, 3.8) is 0 Å². The van der Waals surface area contributed by atoms with Gasteiger partial charge >= 0.3 is 5.69 Å². The molecule has 29 heavy (non-hydrogen) atoms. The minimum absolute atomic E-state index is 0.131. The third kappa shape index (κ3) is 3.48. The number of halogens is 1. The van der Waals surface area contributed by atoms with Gasteiger partial charge in [-0.05, 0) is 25.0 Å². The number of nitrogen functional groups attached to an aromatic ring is 1. The molecule has 0 spiro atoms. The Morgan fingerprint density at radius 3 is 2.72 bits per heavy atom. The highest BCUT2D eigenvalue weighted by atomic mass is 32.2. The van der Waals surface area contributed by atoms with E-state index >= 15 is 0 Å². The Bertz CT molecular complexity index is 1230. The first-order chi connectivity index (χ1) is 13.9. The van der Waals surface area contributed by atoms with Gasteiger partial charge in [0.25, 0.3) is 5.56 Å². The smallest absolute Gasteiger partial charge is 0.329 e. The number of carbonyl (C=O) groups is 1. The highest BCUT2D eigenvalue weighted by molar-refractivity contribution is 7.99. The van der Waals surface area contributed by atoms with E-state index in [0.29, 0.717) is 16.5 Å². The largest absolute Gasteiger partial charge is 0.384 e. The van der Waals surface area contributed by atoms with Crippen molar-refractivity contribution < 1.29 is 9.18 Å². The van der Waals surface area contributed by atoms with Crippen LogP contribution in [0.1, 0.15) is 29.2 Å². The molecule has 11 heteroatoms. The number of rotatable bonds is 6. The molecule has 9 nitrogen and oxygen atoms in total. The van der Waals surface area contributed by atoms with Crippen LogP contribution in [0, 0.1) is 5.82 Å². The van der Waals surface area contributed by atoms with E-state index in [2.05, 4.69) is 15.2 Å². The number of thioether (sulfide) groups is 1. The van der Waals surface area contributed by atoms with Gasteiger partial charge in [0.1, 0.15) is 17.2 Å². The van der Waals surface area contributed by atoms with Gasteiger partial charge in [-0.2, -0.15) is 0 Å². The maximum Gasteiger partial charge on any atom is 0.329 e. The van der Waals surface area contributed by atoms with Crippen molar-refractivity contribution in [2.45, 2.75) is 24.0 Å². The summed E-state index contributed by atoms with van der Waals surface area (Å²) in [7, 11) is 1.36. The average Bonchev–Trinajstić information content (AvgIpc) is 3.44. The van der Waals surface area contributed by atoms with Crippen molar-refractivity contribution in [2.24, 2.45) is 7.05 Å². The van der Waals surface area contributed by atoms with Gasteiger partial charge in [0.15, 0.2) is 16.8 Å². The van der Waals surface area contributed by atoms with Crippen LogP contribution in [0.3, 0.4) is 0 Å². The van der Waals surface area contributed by atoms with E-state index in [1.54, 1.807) is 18.2 Å². The molecule has 2 heterocycles. The van der Waals surface area contributed by atoms with E-state index in [4.69, 9.17) is 5.73 Å². The molecule has 1 fully saturated rings. The lowest BCUT2D eigenvalue weighted by Gasteiger charge is -2.10. The maximum atomic E-state index is 14.2. The summed E-state index contributed by atoms with van der Waals surface area (Å²) in [4.78, 5) is 38.3. The number of nitrogens with one attached hydrogen (secondary N) is 1. The SMILES string of the molecule is Cn1c(N)c(C(=O)CSc2nnc(-c3ccccc3F)n2C2CC2)c(=O)[nH]c1=O. The Morgan fingerprint density at radius 2 is 2.03 bits per heavy atom. The Morgan fingerprint density at radius 1 is 1.31 bits per heavy atom. The van der Waals surface area contributed by atoms with E-state index in [9.17, 15) is 18.8 Å². The van der Waals surface area contributed by atoms with Crippen molar-refractivity contribution in [2.75, 3.05) is 11.5 Å². The highest BCUT2D eigenvalue weighted by Gasteiger charge is 2.31. The molecule has 1 saturated carbocycles. The molecule has 2 aromatic heterocycles. The third-order valence-electron chi connectivity index (χ3n) is 4.67. The van der Waals surface area contributed by atoms with Crippen LogP contribution in [-0.2, 0) is 7.05 Å². The summed E-state index contributed by atoms with van der Waals surface area (Å²) < 4.78 is 17.0. The lowest BCUT2D eigenvalue weighted by molar-refractivity contribution is 0.102. The minimum Gasteiger partial charge on any atom is -0.384 e. The zero-order chi connectivity index (χ0) is 20.7. The molecule has 0 amide bonds. The van der Waals surface area contributed by atoms with Gasteiger partial charge < -0.3 is 5.73 Å². The number of anilines is 1. The number of benzene rings is 1. The van der Waals surface area contributed by atoms with E-state index in [-0.39, 0.29) is 23.2 Å². The predicted molar refractivity (Wildman–Crippen MR) is 105 cm³/mol. The standard InChI is InChI=1S/C18H17FN6O3S/c1-24-14(20)13(16(27)21-17(24)28)12(26)8-29-18-23-22-15(25(18)9-6-7-9)10-4-2-3-5-11(10)19/h2-5,9H,6-8,20H2,1H3,(H,21,27,28).